The van der Waals surface area contributed by atoms with Crippen LogP contribution in [0, 0.1) is 0 Å². The molecule has 2 aromatic carbocycles. The van der Waals surface area contributed by atoms with Gasteiger partial charge < -0.3 is 20.7 Å². The molecule has 7 heteroatoms. The van der Waals surface area contributed by atoms with Crippen LogP contribution in [-0.2, 0) is 4.74 Å². The first kappa shape index (κ1) is 19.6. The van der Waals surface area contributed by atoms with E-state index in [9.17, 15) is 19.5 Å². The van der Waals surface area contributed by atoms with Crippen molar-refractivity contribution in [2.75, 3.05) is 18.9 Å². The number of hydrogen-bond donors (Lipinski definition) is 3. The number of hydrogen-bond acceptors (Lipinski definition) is 7. The van der Waals surface area contributed by atoms with Gasteiger partial charge in [0.15, 0.2) is 11.6 Å². The van der Waals surface area contributed by atoms with E-state index in [0.717, 1.165) is 18.9 Å². The van der Waals surface area contributed by atoms with E-state index in [1.54, 1.807) is 12.1 Å². The van der Waals surface area contributed by atoms with Crippen LogP contribution in [0.3, 0.4) is 0 Å². The molecule has 0 spiro atoms. The van der Waals surface area contributed by atoms with Gasteiger partial charge in [0.1, 0.15) is 5.75 Å². The number of aromatic hydroxyl groups is 1. The number of aliphatic hydroxyl groups excluding tert-OH is 1. The number of benzene rings is 2. The van der Waals surface area contributed by atoms with Crippen LogP contribution in [0.15, 0.2) is 30.3 Å². The van der Waals surface area contributed by atoms with Crippen LogP contribution in [0.5, 0.6) is 5.75 Å². The third-order valence-electron chi connectivity index (χ3n) is 4.72. The van der Waals surface area contributed by atoms with E-state index in [4.69, 9.17) is 15.6 Å². The number of ketones is 2. The SMILES string of the molecule is Nc1c(C(=O)OCCCCCCO)cc(O)c2c1C(=O)c1ccccc1C2=O. The molecule has 3 rings (SSSR count). The average molecular weight is 383 g/mol. The number of ether oxygens (including phenoxy) is 1. The summed E-state index contributed by atoms with van der Waals surface area (Å²) in [7, 11) is 0. The summed E-state index contributed by atoms with van der Waals surface area (Å²) in [6.45, 7) is 0.276. The highest BCUT2D eigenvalue weighted by atomic mass is 16.5. The summed E-state index contributed by atoms with van der Waals surface area (Å²) in [5.74, 6) is -2.28. The Morgan fingerprint density at radius 1 is 0.964 bits per heavy atom. The van der Waals surface area contributed by atoms with Crippen LogP contribution in [0.25, 0.3) is 0 Å². The van der Waals surface area contributed by atoms with Gasteiger partial charge >= 0.3 is 5.97 Å². The molecule has 4 N–H and O–H groups in total. The van der Waals surface area contributed by atoms with Crippen molar-refractivity contribution < 1.29 is 29.3 Å². The lowest BCUT2D eigenvalue weighted by molar-refractivity contribution is 0.0497. The first-order valence-electron chi connectivity index (χ1n) is 9.09. The third kappa shape index (κ3) is 3.48. The maximum absolute atomic E-state index is 12.8. The summed E-state index contributed by atoms with van der Waals surface area (Å²) in [6, 6.07) is 7.34. The van der Waals surface area contributed by atoms with E-state index >= 15 is 0 Å². The van der Waals surface area contributed by atoms with Gasteiger partial charge in [-0.15, -0.1) is 0 Å². The van der Waals surface area contributed by atoms with Crippen molar-refractivity contribution in [2.45, 2.75) is 25.7 Å². The Labute approximate surface area is 161 Å². The molecule has 0 heterocycles. The van der Waals surface area contributed by atoms with Gasteiger partial charge in [0.05, 0.1) is 29.0 Å². The highest BCUT2D eigenvalue weighted by molar-refractivity contribution is 6.31. The molecule has 0 saturated carbocycles. The normalized spacial score (nSPS) is 12.5. The fraction of sp³-hybridized carbons (Fsp3) is 0.286. The van der Waals surface area contributed by atoms with Crippen LogP contribution >= 0.6 is 0 Å². The number of esters is 1. The summed E-state index contributed by atoms with van der Waals surface area (Å²) in [5, 5.41) is 19.1. The molecule has 1 aliphatic rings. The van der Waals surface area contributed by atoms with E-state index in [-0.39, 0.29) is 46.7 Å². The second kappa shape index (κ2) is 8.22. The first-order chi connectivity index (χ1) is 13.5. The maximum atomic E-state index is 12.8. The molecule has 0 aliphatic heterocycles. The van der Waals surface area contributed by atoms with Gasteiger partial charge in [-0.1, -0.05) is 30.7 Å². The number of carbonyl (C=O) groups is 3. The molecule has 1 aliphatic carbocycles. The third-order valence-corrected chi connectivity index (χ3v) is 4.72. The number of nitrogens with two attached hydrogens (primary N) is 1. The summed E-state index contributed by atoms with van der Waals surface area (Å²) in [4.78, 5) is 37.9. The van der Waals surface area contributed by atoms with Crippen LogP contribution in [0.4, 0.5) is 5.69 Å². The minimum Gasteiger partial charge on any atom is -0.507 e. The van der Waals surface area contributed by atoms with Gasteiger partial charge in [-0.2, -0.15) is 0 Å². The van der Waals surface area contributed by atoms with Gasteiger partial charge in [-0.25, -0.2) is 4.79 Å². The minimum atomic E-state index is -0.767. The zero-order chi connectivity index (χ0) is 20.3. The zero-order valence-electron chi connectivity index (χ0n) is 15.2. The van der Waals surface area contributed by atoms with Crippen molar-refractivity contribution in [3.8, 4) is 5.75 Å². The Hall–Kier alpha value is -3.19. The van der Waals surface area contributed by atoms with Crippen LogP contribution in [0.1, 0.15) is 67.9 Å². The Kier molecular flexibility index (Phi) is 5.75. The smallest absolute Gasteiger partial charge is 0.340 e. The molecule has 0 bridgehead atoms. The number of phenolic OH excluding ortho intramolecular Hbond substituents is 1. The lowest BCUT2D eigenvalue weighted by Crippen LogP contribution is -2.24. The molecular formula is C21H21NO6. The Morgan fingerprint density at radius 2 is 1.57 bits per heavy atom. The molecule has 0 aromatic heterocycles. The minimum absolute atomic E-state index is 0.126. The topological polar surface area (TPSA) is 127 Å². The summed E-state index contributed by atoms with van der Waals surface area (Å²) >= 11 is 0. The Balaban J connectivity index is 1.87. The lowest BCUT2D eigenvalue weighted by atomic mass is 9.81. The number of unbranched alkanes of at least 4 members (excludes halogenated alkanes) is 3. The molecule has 0 amide bonds. The van der Waals surface area contributed by atoms with Crippen molar-refractivity contribution >= 4 is 23.2 Å². The average Bonchev–Trinajstić information content (AvgIpc) is 2.70. The first-order valence-corrected chi connectivity index (χ1v) is 9.09. The summed E-state index contributed by atoms with van der Waals surface area (Å²) in [5.41, 5.74) is 5.73. The molecule has 0 fully saturated rings. The number of phenols is 1. The maximum Gasteiger partial charge on any atom is 0.340 e. The van der Waals surface area contributed by atoms with Crippen molar-refractivity contribution in [3.63, 3.8) is 0 Å². The quantitative estimate of drug-likeness (QED) is 0.247. The zero-order valence-corrected chi connectivity index (χ0v) is 15.2. The second-order valence-corrected chi connectivity index (χ2v) is 6.58. The van der Waals surface area contributed by atoms with Gasteiger partial charge in [0.25, 0.3) is 0 Å². The number of nitrogen functional groups attached to an aromatic ring is 1. The van der Waals surface area contributed by atoms with Crippen molar-refractivity contribution in [1.29, 1.82) is 0 Å². The van der Waals surface area contributed by atoms with Gasteiger partial charge in [0, 0.05) is 17.7 Å². The molecule has 2 aromatic rings. The number of carbonyl (C=O) groups excluding carboxylic acids is 3. The Morgan fingerprint density at radius 3 is 2.21 bits per heavy atom. The van der Waals surface area contributed by atoms with E-state index < -0.39 is 23.3 Å². The van der Waals surface area contributed by atoms with Crippen molar-refractivity contribution in [1.82, 2.24) is 0 Å². The second-order valence-electron chi connectivity index (χ2n) is 6.58. The fourth-order valence-electron chi connectivity index (χ4n) is 3.28. The predicted octanol–water partition coefficient (Wildman–Crippen LogP) is 2.46. The molecule has 0 unspecified atom stereocenters. The van der Waals surface area contributed by atoms with Gasteiger partial charge in [-0.3, -0.25) is 9.59 Å². The molecule has 0 radical (unpaired) electrons. The van der Waals surface area contributed by atoms with E-state index in [1.165, 1.54) is 12.1 Å². The number of aliphatic hydroxyl groups is 1. The fourth-order valence-corrected chi connectivity index (χ4v) is 3.28. The number of fused-ring (bicyclic) bond motifs is 2. The Bertz CT molecular complexity index is 950. The van der Waals surface area contributed by atoms with Gasteiger partial charge in [0.2, 0.25) is 0 Å². The van der Waals surface area contributed by atoms with Crippen LogP contribution in [0.2, 0.25) is 0 Å². The predicted molar refractivity (Wildman–Crippen MR) is 102 cm³/mol. The van der Waals surface area contributed by atoms with Crippen molar-refractivity contribution in [2.24, 2.45) is 0 Å². The largest absolute Gasteiger partial charge is 0.507 e. The highest BCUT2D eigenvalue weighted by Crippen LogP contribution is 2.38. The van der Waals surface area contributed by atoms with E-state index in [1.807, 2.05) is 0 Å². The standard InChI is InChI=1S/C21H21NO6/c22-18-14(21(27)28-10-6-2-1-5-9-23)11-15(24)16-17(18)20(26)13-8-4-3-7-12(13)19(16)25/h3-4,7-8,11,23-24H,1-2,5-6,9-10,22H2. The molecule has 0 saturated heterocycles. The summed E-state index contributed by atoms with van der Waals surface area (Å²) in [6.07, 6.45) is 2.93. The number of rotatable bonds is 7. The van der Waals surface area contributed by atoms with Crippen molar-refractivity contribution in [3.05, 3.63) is 58.1 Å². The molecule has 0 atom stereocenters. The monoisotopic (exact) mass is 383 g/mol. The molecular weight excluding hydrogens is 362 g/mol. The lowest BCUT2D eigenvalue weighted by Gasteiger charge is -2.21. The molecule has 28 heavy (non-hydrogen) atoms. The molecule has 146 valence electrons. The van der Waals surface area contributed by atoms with E-state index in [2.05, 4.69) is 0 Å². The highest BCUT2D eigenvalue weighted by Gasteiger charge is 2.35. The van der Waals surface area contributed by atoms with E-state index in [0.29, 0.717) is 12.8 Å². The van der Waals surface area contributed by atoms with Crippen LogP contribution in [-0.4, -0.2) is 41.0 Å². The van der Waals surface area contributed by atoms with Crippen LogP contribution < -0.4 is 5.73 Å². The number of anilines is 1. The molecule has 7 nitrogen and oxygen atoms in total. The van der Waals surface area contributed by atoms with Gasteiger partial charge in [-0.05, 0) is 25.3 Å². The summed E-state index contributed by atoms with van der Waals surface area (Å²) < 4.78 is 5.18.